The third-order valence-electron chi connectivity index (χ3n) is 2.78. The Morgan fingerprint density at radius 1 is 1.00 bits per heavy atom. The van der Waals surface area contributed by atoms with Crippen LogP contribution < -0.4 is 10.6 Å². The molecule has 0 aliphatic carbocycles. The lowest BCUT2D eigenvalue weighted by atomic mass is 10.2. The number of hydrogen-bond donors (Lipinski definition) is 1. The van der Waals surface area contributed by atoms with E-state index in [2.05, 4.69) is 36.2 Å². The topological polar surface area (TPSA) is 42.2 Å². The first-order valence-corrected chi connectivity index (χ1v) is 5.61. The second kappa shape index (κ2) is 4.45. The molecule has 0 aliphatic heterocycles. The maximum Gasteiger partial charge on any atom is 0.156 e. The molecule has 88 valence electrons. The lowest BCUT2D eigenvalue weighted by Crippen LogP contribution is -2.13. The number of nitrogen functional groups attached to an aromatic ring is 1. The zero-order valence-corrected chi connectivity index (χ0v) is 10.4. The van der Waals surface area contributed by atoms with E-state index in [1.165, 1.54) is 5.56 Å². The standard InChI is InChI=1S/C14H17N3/c1-10-4-7-12(8-5-10)17(3)14-13(15)9-6-11(2)16-14/h4-9H,15H2,1-3H3. The van der Waals surface area contributed by atoms with Gasteiger partial charge in [-0.3, -0.25) is 0 Å². The van der Waals surface area contributed by atoms with Crippen molar-refractivity contribution in [3.63, 3.8) is 0 Å². The van der Waals surface area contributed by atoms with Gasteiger partial charge in [-0.25, -0.2) is 4.98 Å². The van der Waals surface area contributed by atoms with E-state index in [1.54, 1.807) is 0 Å². The molecule has 1 aromatic carbocycles. The van der Waals surface area contributed by atoms with Gasteiger partial charge in [0, 0.05) is 18.4 Å². The van der Waals surface area contributed by atoms with Crippen LogP contribution in [-0.2, 0) is 0 Å². The molecule has 2 aromatic rings. The van der Waals surface area contributed by atoms with Crippen molar-refractivity contribution in [1.82, 2.24) is 4.98 Å². The number of nitrogens with two attached hydrogens (primary N) is 1. The molecule has 0 saturated heterocycles. The van der Waals surface area contributed by atoms with Crippen molar-refractivity contribution in [2.24, 2.45) is 0 Å². The number of rotatable bonds is 2. The Morgan fingerprint density at radius 2 is 1.65 bits per heavy atom. The number of pyridine rings is 1. The van der Waals surface area contributed by atoms with E-state index in [-0.39, 0.29) is 0 Å². The van der Waals surface area contributed by atoms with Gasteiger partial charge >= 0.3 is 0 Å². The molecule has 0 bridgehead atoms. The molecule has 2 rings (SSSR count). The molecule has 0 saturated carbocycles. The van der Waals surface area contributed by atoms with Gasteiger partial charge in [0.25, 0.3) is 0 Å². The number of aryl methyl sites for hydroxylation is 2. The van der Waals surface area contributed by atoms with Gasteiger partial charge in [0.1, 0.15) is 0 Å². The molecule has 0 unspecified atom stereocenters. The Morgan fingerprint density at radius 3 is 2.29 bits per heavy atom. The second-order valence-electron chi connectivity index (χ2n) is 4.26. The van der Waals surface area contributed by atoms with Crippen LogP contribution in [0.1, 0.15) is 11.3 Å². The minimum absolute atomic E-state index is 0.693. The fourth-order valence-corrected chi connectivity index (χ4v) is 1.71. The van der Waals surface area contributed by atoms with Crippen LogP contribution in [0, 0.1) is 13.8 Å². The molecule has 0 aliphatic rings. The van der Waals surface area contributed by atoms with E-state index < -0.39 is 0 Å². The van der Waals surface area contributed by atoms with Crippen LogP contribution in [0.4, 0.5) is 17.2 Å². The van der Waals surface area contributed by atoms with Crippen LogP contribution in [-0.4, -0.2) is 12.0 Å². The highest BCUT2D eigenvalue weighted by atomic mass is 15.2. The largest absolute Gasteiger partial charge is 0.396 e. The first kappa shape index (κ1) is 11.5. The SMILES string of the molecule is Cc1ccc(N(C)c2nc(C)ccc2N)cc1. The molecule has 17 heavy (non-hydrogen) atoms. The van der Waals surface area contributed by atoms with Crippen LogP contribution in [0.25, 0.3) is 0 Å². The Balaban J connectivity index is 2.39. The van der Waals surface area contributed by atoms with Crippen molar-refractivity contribution in [1.29, 1.82) is 0 Å². The second-order valence-corrected chi connectivity index (χ2v) is 4.26. The Labute approximate surface area is 102 Å². The number of anilines is 3. The van der Waals surface area contributed by atoms with Crippen molar-refractivity contribution in [2.75, 3.05) is 17.7 Å². The smallest absolute Gasteiger partial charge is 0.156 e. The number of aromatic nitrogens is 1. The zero-order chi connectivity index (χ0) is 12.4. The average Bonchev–Trinajstić information content (AvgIpc) is 2.32. The number of hydrogen-bond acceptors (Lipinski definition) is 3. The number of nitrogens with zero attached hydrogens (tertiary/aromatic N) is 2. The summed E-state index contributed by atoms with van der Waals surface area (Å²) in [5.74, 6) is 0.800. The van der Waals surface area contributed by atoms with Crippen molar-refractivity contribution in [3.05, 3.63) is 47.7 Å². The van der Waals surface area contributed by atoms with Gasteiger partial charge in [0.2, 0.25) is 0 Å². The molecule has 0 radical (unpaired) electrons. The minimum Gasteiger partial charge on any atom is -0.396 e. The van der Waals surface area contributed by atoms with E-state index >= 15 is 0 Å². The van der Waals surface area contributed by atoms with Crippen molar-refractivity contribution in [2.45, 2.75) is 13.8 Å². The van der Waals surface area contributed by atoms with Gasteiger partial charge < -0.3 is 10.6 Å². The Bertz CT molecular complexity index is 517. The summed E-state index contributed by atoms with van der Waals surface area (Å²) in [4.78, 5) is 6.47. The van der Waals surface area contributed by atoms with Crippen molar-refractivity contribution >= 4 is 17.2 Å². The molecule has 0 fully saturated rings. The summed E-state index contributed by atoms with van der Waals surface area (Å²) in [6.07, 6.45) is 0. The third kappa shape index (κ3) is 2.38. The summed E-state index contributed by atoms with van der Waals surface area (Å²) in [6, 6.07) is 12.1. The van der Waals surface area contributed by atoms with Gasteiger partial charge in [0.05, 0.1) is 5.69 Å². The average molecular weight is 227 g/mol. The quantitative estimate of drug-likeness (QED) is 0.857. The van der Waals surface area contributed by atoms with Gasteiger partial charge in [-0.05, 0) is 38.1 Å². The van der Waals surface area contributed by atoms with E-state index in [4.69, 9.17) is 5.73 Å². The first-order chi connectivity index (χ1) is 8.08. The van der Waals surface area contributed by atoms with Crippen molar-refractivity contribution in [3.8, 4) is 0 Å². The summed E-state index contributed by atoms with van der Waals surface area (Å²) in [7, 11) is 1.98. The summed E-state index contributed by atoms with van der Waals surface area (Å²) < 4.78 is 0. The predicted molar refractivity (Wildman–Crippen MR) is 72.6 cm³/mol. The molecule has 0 atom stereocenters. The minimum atomic E-state index is 0.693. The predicted octanol–water partition coefficient (Wildman–Crippen LogP) is 3.05. The van der Waals surface area contributed by atoms with E-state index in [0.717, 1.165) is 17.2 Å². The molecule has 1 aromatic heterocycles. The third-order valence-corrected chi connectivity index (χ3v) is 2.78. The number of benzene rings is 1. The van der Waals surface area contributed by atoms with E-state index in [9.17, 15) is 0 Å². The fourth-order valence-electron chi connectivity index (χ4n) is 1.71. The van der Waals surface area contributed by atoms with Gasteiger partial charge in [-0.15, -0.1) is 0 Å². The highest BCUT2D eigenvalue weighted by molar-refractivity contribution is 5.70. The Kier molecular flexibility index (Phi) is 3.00. The van der Waals surface area contributed by atoms with Crippen molar-refractivity contribution < 1.29 is 0 Å². The van der Waals surface area contributed by atoms with Gasteiger partial charge in [-0.1, -0.05) is 17.7 Å². The summed E-state index contributed by atoms with van der Waals surface area (Å²) in [5.41, 5.74) is 9.94. The molecular weight excluding hydrogens is 210 g/mol. The maximum absolute atomic E-state index is 5.95. The van der Waals surface area contributed by atoms with Gasteiger partial charge in [-0.2, -0.15) is 0 Å². The molecular formula is C14H17N3. The zero-order valence-electron chi connectivity index (χ0n) is 10.4. The summed E-state index contributed by atoms with van der Waals surface area (Å²) in [6.45, 7) is 4.04. The summed E-state index contributed by atoms with van der Waals surface area (Å²) in [5, 5.41) is 0. The maximum atomic E-state index is 5.95. The van der Waals surface area contributed by atoms with Crippen LogP contribution in [0.15, 0.2) is 36.4 Å². The van der Waals surface area contributed by atoms with E-state index in [1.807, 2.05) is 31.0 Å². The molecule has 3 nitrogen and oxygen atoms in total. The van der Waals surface area contributed by atoms with Gasteiger partial charge in [0.15, 0.2) is 5.82 Å². The Hall–Kier alpha value is -2.03. The summed E-state index contributed by atoms with van der Waals surface area (Å²) >= 11 is 0. The highest BCUT2D eigenvalue weighted by Gasteiger charge is 2.09. The van der Waals surface area contributed by atoms with Crippen LogP contribution in [0.5, 0.6) is 0 Å². The molecule has 3 heteroatoms. The fraction of sp³-hybridized carbons (Fsp3) is 0.214. The van der Waals surface area contributed by atoms with Crippen LogP contribution in [0.2, 0.25) is 0 Å². The monoisotopic (exact) mass is 227 g/mol. The first-order valence-electron chi connectivity index (χ1n) is 5.61. The highest BCUT2D eigenvalue weighted by Crippen LogP contribution is 2.27. The van der Waals surface area contributed by atoms with Crippen LogP contribution >= 0.6 is 0 Å². The lowest BCUT2D eigenvalue weighted by molar-refractivity contribution is 1.09. The lowest BCUT2D eigenvalue weighted by Gasteiger charge is -2.20. The molecule has 0 spiro atoms. The molecule has 0 amide bonds. The molecule has 1 heterocycles. The van der Waals surface area contributed by atoms with E-state index in [0.29, 0.717) is 5.69 Å². The van der Waals surface area contributed by atoms with Crippen LogP contribution in [0.3, 0.4) is 0 Å². The molecule has 2 N–H and O–H groups in total. The normalized spacial score (nSPS) is 10.3.